The van der Waals surface area contributed by atoms with Crippen LogP contribution in [0.2, 0.25) is 0 Å². The molecule has 0 bridgehead atoms. The Balaban J connectivity index is 1.49. The van der Waals surface area contributed by atoms with Crippen LogP contribution >= 0.6 is 0 Å². The smallest absolute Gasteiger partial charge is 0.228 e. The average molecular weight is 393 g/mol. The van der Waals surface area contributed by atoms with Gasteiger partial charge in [-0.1, -0.05) is 13.0 Å². The van der Waals surface area contributed by atoms with Crippen molar-refractivity contribution < 1.29 is 9.72 Å². The standard InChI is InChI=1S/C21H36N4O3/c1-3-10-22-19-15-18(8-9-20(19)25(27)28)23-11-13-24(14-12-23)21(26)17-6-4-16(2)5-7-17/h3,16-20,22H,1,4-15H2,2H3. The first-order chi connectivity index (χ1) is 13.5. The van der Waals surface area contributed by atoms with Gasteiger partial charge in [-0.05, 0) is 44.4 Å². The summed E-state index contributed by atoms with van der Waals surface area (Å²) >= 11 is 0. The molecule has 0 radical (unpaired) electrons. The number of hydrogen-bond acceptors (Lipinski definition) is 5. The molecule has 3 rings (SSSR count). The maximum atomic E-state index is 12.8. The molecular weight excluding hydrogens is 356 g/mol. The number of piperazine rings is 1. The Morgan fingerprint density at radius 2 is 1.82 bits per heavy atom. The van der Waals surface area contributed by atoms with Crippen molar-refractivity contribution in [2.45, 2.75) is 70.0 Å². The lowest BCUT2D eigenvalue weighted by molar-refractivity contribution is -0.530. The zero-order valence-corrected chi connectivity index (χ0v) is 17.2. The van der Waals surface area contributed by atoms with Crippen LogP contribution in [0.5, 0.6) is 0 Å². The molecule has 2 aliphatic carbocycles. The van der Waals surface area contributed by atoms with Crippen LogP contribution in [-0.2, 0) is 4.79 Å². The van der Waals surface area contributed by atoms with Crippen LogP contribution in [0.1, 0.15) is 51.9 Å². The van der Waals surface area contributed by atoms with Crippen molar-refractivity contribution >= 4 is 5.91 Å². The number of nitrogens with zero attached hydrogens (tertiary/aromatic N) is 3. The lowest BCUT2D eigenvalue weighted by Crippen LogP contribution is -2.57. The van der Waals surface area contributed by atoms with E-state index in [-0.39, 0.29) is 16.9 Å². The largest absolute Gasteiger partial charge is 0.340 e. The Morgan fingerprint density at radius 1 is 1.14 bits per heavy atom. The van der Waals surface area contributed by atoms with Crippen LogP contribution in [0.15, 0.2) is 12.7 Å². The average Bonchev–Trinajstić information content (AvgIpc) is 2.72. The van der Waals surface area contributed by atoms with Crippen LogP contribution in [0.4, 0.5) is 0 Å². The lowest BCUT2D eigenvalue weighted by atomic mass is 9.82. The van der Waals surface area contributed by atoms with E-state index in [0.717, 1.165) is 57.8 Å². The molecule has 7 heteroatoms. The maximum absolute atomic E-state index is 12.8. The van der Waals surface area contributed by atoms with Crippen molar-refractivity contribution in [2.75, 3.05) is 32.7 Å². The van der Waals surface area contributed by atoms with Crippen molar-refractivity contribution in [1.29, 1.82) is 0 Å². The van der Waals surface area contributed by atoms with Gasteiger partial charge in [0.25, 0.3) is 0 Å². The van der Waals surface area contributed by atoms with Crippen LogP contribution in [-0.4, -0.2) is 71.5 Å². The molecule has 0 aromatic carbocycles. The second-order valence-electron chi connectivity index (χ2n) is 8.94. The van der Waals surface area contributed by atoms with E-state index >= 15 is 0 Å². The number of amides is 1. The molecule has 3 atom stereocenters. The first kappa shape index (κ1) is 21.2. The van der Waals surface area contributed by atoms with Gasteiger partial charge in [0.15, 0.2) is 0 Å². The maximum Gasteiger partial charge on any atom is 0.228 e. The molecule has 7 nitrogen and oxygen atoms in total. The fraction of sp³-hybridized carbons (Fsp3) is 0.857. The molecule has 3 unspecified atom stereocenters. The van der Waals surface area contributed by atoms with Crippen molar-refractivity contribution in [3.05, 3.63) is 22.8 Å². The fourth-order valence-corrected chi connectivity index (χ4v) is 5.24. The number of nitro groups is 1. The molecule has 3 aliphatic rings. The number of rotatable bonds is 6. The highest BCUT2D eigenvalue weighted by atomic mass is 16.6. The van der Waals surface area contributed by atoms with Gasteiger partial charge in [-0.15, -0.1) is 6.58 Å². The highest BCUT2D eigenvalue weighted by Gasteiger charge is 2.40. The quantitative estimate of drug-likeness (QED) is 0.426. The van der Waals surface area contributed by atoms with E-state index in [1.54, 1.807) is 6.08 Å². The normalized spacial score (nSPS) is 34.8. The summed E-state index contributed by atoms with van der Waals surface area (Å²) in [7, 11) is 0. The predicted octanol–water partition coefficient (Wildman–Crippen LogP) is 2.30. The third kappa shape index (κ3) is 5.11. The minimum absolute atomic E-state index is 0.101. The van der Waals surface area contributed by atoms with Gasteiger partial charge in [0.1, 0.15) is 0 Å². The van der Waals surface area contributed by atoms with E-state index < -0.39 is 6.04 Å². The van der Waals surface area contributed by atoms with Crippen LogP contribution < -0.4 is 5.32 Å². The van der Waals surface area contributed by atoms with E-state index in [9.17, 15) is 14.9 Å². The predicted molar refractivity (Wildman–Crippen MR) is 110 cm³/mol. The van der Waals surface area contributed by atoms with Crippen molar-refractivity contribution in [3.63, 3.8) is 0 Å². The SMILES string of the molecule is C=CCNC1CC(N2CCN(C(=O)C3CCC(C)CC3)CC2)CCC1[N+](=O)[O-]. The Hall–Kier alpha value is -1.47. The molecular formula is C21H36N4O3. The summed E-state index contributed by atoms with van der Waals surface area (Å²) in [6, 6.07) is -0.241. The topological polar surface area (TPSA) is 78.7 Å². The van der Waals surface area contributed by atoms with Crippen molar-refractivity contribution in [3.8, 4) is 0 Å². The molecule has 0 aromatic heterocycles. The summed E-state index contributed by atoms with van der Waals surface area (Å²) in [4.78, 5) is 28.6. The summed E-state index contributed by atoms with van der Waals surface area (Å²) < 4.78 is 0. The van der Waals surface area contributed by atoms with Gasteiger partial charge in [-0.25, -0.2) is 0 Å². The van der Waals surface area contributed by atoms with Crippen molar-refractivity contribution in [1.82, 2.24) is 15.1 Å². The summed E-state index contributed by atoms with van der Waals surface area (Å²) in [5.74, 6) is 1.35. The minimum atomic E-state index is -0.507. The van der Waals surface area contributed by atoms with Crippen molar-refractivity contribution in [2.24, 2.45) is 11.8 Å². The number of hydrogen-bond donors (Lipinski definition) is 1. The summed E-state index contributed by atoms with van der Waals surface area (Å²) in [5, 5.41) is 14.7. The van der Waals surface area contributed by atoms with E-state index in [4.69, 9.17) is 0 Å². The van der Waals surface area contributed by atoms with Gasteiger partial charge in [-0.2, -0.15) is 0 Å². The molecule has 1 heterocycles. The first-order valence-electron chi connectivity index (χ1n) is 11.0. The number of carbonyl (C=O) groups is 1. The van der Waals surface area contributed by atoms with Crippen LogP contribution in [0.25, 0.3) is 0 Å². The van der Waals surface area contributed by atoms with Gasteiger partial charge < -0.3 is 10.2 Å². The molecule has 1 aliphatic heterocycles. The Labute approximate surface area is 168 Å². The Kier molecular flexibility index (Phi) is 7.46. The molecule has 1 saturated heterocycles. The lowest BCUT2D eigenvalue weighted by Gasteiger charge is -2.43. The van der Waals surface area contributed by atoms with Gasteiger partial charge in [-0.3, -0.25) is 19.8 Å². The second kappa shape index (κ2) is 9.83. The van der Waals surface area contributed by atoms with Crippen LogP contribution in [0.3, 0.4) is 0 Å². The van der Waals surface area contributed by atoms with E-state index in [1.807, 2.05) is 0 Å². The molecule has 1 amide bonds. The summed E-state index contributed by atoms with van der Waals surface area (Å²) in [6.07, 6.45) is 8.48. The van der Waals surface area contributed by atoms with E-state index in [0.29, 0.717) is 24.9 Å². The Bertz CT molecular complexity index is 554. The minimum Gasteiger partial charge on any atom is -0.340 e. The van der Waals surface area contributed by atoms with Gasteiger partial charge in [0.05, 0.1) is 6.04 Å². The first-order valence-corrected chi connectivity index (χ1v) is 11.0. The molecule has 0 spiro atoms. The van der Waals surface area contributed by atoms with Gasteiger partial charge in [0.2, 0.25) is 11.9 Å². The fourth-order valence-electron chi connectivity index (χ4n) is 5.24. The molecule has 158 valence electrons. The molecule has 3 fully saturated rings. The molecule has 28 heavy (non-hydrogen) atoms. The van der Waals surface area contributed by atoms with Crippen LogP contribution in [0, 0.1) is 22.0 Å². The third-order valence-corrected chi connectivity index (χ3v) is 7.09. The molecule has 0 aromatic rings. The third-order valence-electron chi connectivity index (χ3n) is 7.09. The Morgan fingerprint density at radius 3 is 2.43 bits per heavy atom. The number of carbonyl (C=O) groups excluding carboxylic acids is 1. The summed E-state index contributed by atoms with van der Waals surface area (Å²) in [5.41, 5.74) is 0. The summed E-state index contributed by atoms with van der Waals surface area (Å²) in [6.45, 7) is 9.96. The molecule has 2 saturated carbocycles. The zero-order valence-electron chi connectivity index (χ0n) is 17.2. The zero-order chi connectivity index (χ0) is 20.1. The highest BCUT2D eigenvalue weighted by Crippen LogP contribution is 2.31. The highest BCUT2D eigenvalue weighted by molar-refractivity contribution is 5.79. The van der Waals surface area contributed by atoms with Gasteiger partial charge >= 0.3 is 0 Å². The van der Waals surface area contributed by atoms with E-state index in [1.165, 1.54) is 12.8 Å². The molecule has 1 N–H and O–H groups in total. The monoisotopic (exact) mass is 392 g/mol. The number of nitrogens with one attached hydrogen (secondary N) is 1. The second-order valence-corrected chi connectivity index (χ2v) is 8.94. The van der Waals surface area contributed by atoms with E-state index in [2.05, 4.69) is 28.6 Å². The van der Waals surface area contributed by atoms with Gasteiger partial charge in [0, 0.05) is 56.0 Å².